The molecule has 146 valence electrons. The van der Waals surface area contributed by atoms with Gasteiger partial charge in [-0.15, -0.1) is 10.2 Å². The predicted molar refractivity (Wildman–Crippen MR) is 119 cm³/mol. The van der Waals surface area contributed by atoms with Gasteiger partial charge in [0.2, 0.25) is 5.16 Å². The Morgan fingerprint density at radius 3 is 2.43 bits per heavy atom. The molecule has 1 aromatic heterocycles. The third-order valence-corrected chi connectivity index (χ3v) is 5.60. The molecule has 0 aliphatic carbocycles. The van der Waals surface area contributed by atoms with Crippen molar-refractivity contribution in [3.63, 3.8) is 0 Å². The van der Waals surface area contributed by atoms with Crippen LogP contribution >= 0.6 is 23.4 Å². The number of nitrogens with zero attached hydrogens (tertiary/aromatic N) is 4. The first kappa shape index (κ1) is 20.6. The molecule has 4 nitrogen and oxygen atoms in total. The molecule has 0 spiro atoms. The average molecular weight is 413 g/mol. The summed E-state index contributed by atoms with van der Waals surface area (Å²) in [7, 11) is 0. The molecule has 0 N–H and O–H groups in total. The quantitative estimate of drug-likeness (QED) is 0.327. The van der Waals surface area contributed by atoms with Gasteiger partial charge in [-0.3, -0.25) is 0 Å². The predicted octanol–water partition coefficient (Wildman–Crippen LogP) is 6.18. The van der Waals surface area contributed by atoms with Crippen molar-refractivity contribution in [3.05, 3.63) is 76.1 Å². The maximum atomic E-state index is 5.97. The zero-order chi connectivity index (χ0) is 19.9. The highest BCUT2D eigenvalue weighted by atomic mass is 35.5. The van der Waals surface area contributed by atoms with Crippen molar-refractivity contribution in [1.82, 2.24) is 14.9 Å². The zero-order valence-electron chi connectivity index (χ0n) is 16.5. The van der Waals surface area contributed by atoms with E-state index < -0.39 is 0 Å². The first-order valence-electron chi connectivity index (χ1n) is 9.52. The summed E-state index contributed by atoms with van der Waals surface area (Å²) in [6.07, 6.45) is 3.72. The van der Waals surface area contributed by atoms with Gasteiger partial charge < -0.3 is 0 Å². The third kappa shape index (κ3) is 5.46. The van der Waals surface area contributed by atoms with Crippen molar-refractivity contribution >= 4 is 29.6 Å². The molecule has 3 aromatic rings. The number of aryl methyl sites for hydroxylation is 1. The Bertz CT molecular complexity index is 915. The molecule has 0 saturated heterocycles. The SMILES string of the molecule is CCCc1nnc(SCc2ccc(Cl)cc2)n1/N=C/c1ccc(C(C)C)cc1. The summed E-state index contributed by atoms with van der Waals surface area (Å²) in [5.41, 5.74) is 3.58. The Hall–Kier alpha value is -2.11. The molecule has 0 aliphatic heterocycles. The van der Waals surface area contributed by atoms with E-state index in [4.69, 9.17) is 11.6 Å². The monoisotopic (exact) mass is 412 g/mol. The highest BCUT2D eigenvalue weighted by Gasteiger charge is 2.11. The van der Waals surface area contributed by atoms with E-state index in [1.165, 1.54) is 11.1 Å². The van der Waals surface area contributed by atoms with Gasteiger partial charge in [0.1, 0.15) is 0 Å². The van der Waals surface area contributed by atoms with E-state index >= 15 is 0 Å². The molecule has 0 radical (unpaired) electrons. The lowest BCUT2D eigenvalue weighted by Gasteiger charge is -2.06. The summed E-state index contributed by atoms with van der Waals surface area (Å²) < 4.78 is 1.86. The van der Waals surface area contributed by atoms with Gasteiger partial charge in [0.25, 0.3) is 0 Å². The Morgan fingerprint density at radius 1 is 1.07 bits per heavy atom. The molecule has 2 aromatic carbocycles. The molecule has 0 fully saturated rings. The maximum Gasteiger partial charge on any atom is 0.212 e. The van der Waals surface area contributed by atoms with E-state index in [0.717, 1.165) is 40.2 Å². The topological polar surface area (TPSA) is 43.1 Å². The summed E-state index contributed by atoms with van der Waals surface area (Å²) >= 11 is 7.59. The molecule has 1 heterocycles. The number of thioether (sulfide) groups is 1. The second-order valence-electron chi connectivity index (χ2n) is 6.94. The van der Waals surface area contributed by atoms with Gasteiger partial charge in [-0.25, -0.2) is 0 Å². The van der Waals surface area contributed by atoms with Crippen LogP contribution in [-0.2, 0) is 12.2 Å². The van der Waals surface area contributed by atoms with E-state index in [9.17, 15) is 0 Å². The molecule has 0 atom stereocenters. The van der Waals surface area contributed by atoms with Crippen LogP contribution in [0.4, 0.5) is 0 Å². The largest absolute Gasteiger partial charge is 0.212 e. The molecular weight excluding hydrogens is 388 g/mol. The molecule has 0 amide bonds. The van der Waals surface area contributed by atoms with Crippen molar-refractivity contribution in [2.45, 2.75) is 50.4 Å². The van der Waals surface area contributed by atoms with Crippen molar-refractivity contribution in [1.29, 1.82) is 0 Å². The van der Waals surface area contributed by atoms with Crippen molar-refractivity contribution in [3.8, 4) is 0 Å². The van der Waals surface area contributed by atoms with Crippen LogP contribution in [0, 0.1) is 0 Å². The Morgan fingerprint density at radius 2 is 1.79 bits per heavy atom. The fourth-order valence-electron chi connectivity index (χ4n) is 2.70. The van der Waals surface area contributed by atoms with Crippen molar-refractivity contribution in [2.24, 2.45) is 5.10 Å². The molecule has 0 aliphatic rings. The fourth-order valence-corrected chi connectivity index (χ4v) is 3.69. The van der Waals surface area contributed by atoms with Crippen LogP contribution in [0.25, 0.3) is 0 Å². The molecule has 0 bridgehead atoms. The van der Waals surface area contributed by atoms with E-state index in [0.29, 0.717) is 5.92 Å². The molecule has 6 heteroatoms. The van der Waals surface area contributed by atoms with E-state index in [1.54, 1.807) is 11.8 Å². The smallest absolute Gasteiger partial charge is 0.191 e. The molecule has 0 unspecified atom stereocenters. The number of aromatic nitrogens is 3. The number of rotatable bonds is 8. The summed E-state index contributed by atoms with van der Waals surface area (Å²) in [5.74, 6) is 2.20. The molecular formula is C22H25ClN4S. The highest BCUT2D eigenvalue weighted by Crippen LogP contribution is 2.23. The van der Waals surface area contributed by atoms with Crippen LogP contribution in [0.1, 0.15) is 55.6 Å². The summed E-state index contributed by atoms with van der Waals surface area (Å²) in [6, 6.07) is 16.4. The number of benzene rings is 2. The lowest BCUT2D eigenvalue weighted by molar-refractivity contribution is 0.700. The van der Waals surface area contributed by atoms with Crippen LogP contribution in [0.5, 0.6) is 0 Å². The standard InChI is InChI=1S/C22H25ClN4S/c1-4-5-21-25-26-22(28-15-18-8-12-20(23)13-9-18)27(21)24-14-17-6-10-19(11-7-17)16(2)3/h6-14,16H,4-5,15H2,1-3H3/b24-14+. The summed E-state index contributed by atoms with van der Waals surface area (Å²) in [5, 5.41) is 14.9. The highest BCUT2D eigenvalue weighted by molar-refractivity contribution is 7.98. The number of hydrogen-bond donors (Lipinski definition) is 0. The van der Waals surface area contributed by atoms with Crippen LogP contribution in [0.3, 0.4) is 0 Å². The second kappa shape index (κ2) is 9.89. The van der Waals surface area contributed by atoms with Gasteiger partial charge >= 0.3 is 0 Å². The van der Waals surface area contributed by atoms with Crippen LogP contribution in [0.15, 0.2) is 58.8 Å². The van der Waals surface area contributed by atoms with Crippen LogP contribution < -0.4 is 0 Å². The zero-order valence-corrected chi connectivity index (χ0v) is 18.0. The summed E-state index contributed by atoms with van der Waals surface area (Å²) in [6.45, 7) is 6.52. The normalized spacial score (nSPS) is 11.6. The van der Waals surface area contributed by atoms with Gasteiger partial charge in [-0.2, -0.15) is 9.78 Å². The van der Waals surface area contributed by atoms with Gasteiger partial charge in [0.05, 0.1) is 6.21 Å². The Balaban J connectivity index is 1.77. The maximum absolute atomic E-state index is 5.97. The molecule has 28 heavy (non-hydrogen) atoms. The number of halogens is 1. The molecule has 3 rings (SSSR count). The van der Waals surface area contributed by atoms with Crippen LogP contribution in [0.2, 0.25) is 5.02 Å². The Labute approximate surface area is 176 Å². The minimum Gasteiger partial charge on any atom is -0.191 e. The van der Waals surface area contributed by atoms with Gasteiger partial charge in [0, 0.05) is 17.2 Å². The number of hydrogen-bond acceptors (Lipinski definition) is 4. The first-order chi connectivity index (χ1) is 13.6. The average Bonchev–Trinajstić information content (AvgIpc) is 3.08. The van der Waals surface area contributed by atoms with E-state index in [-0.39, 0.29) is 0 Å². The van der Waals surface area contributed by atoms with Gasteiger partial charge in [-0.1, -0.05) is 80.5 Å². The summed E-state index contributed by atoms with van der Waals surface area (Å²) in [4.78, 5) is 0. The minimum atomic E-state index is 0.524. The minimum absolute atomic E-state index is 0.524. The van der Waals surface area contributed by atoms with E-state index in [1.807, 2.05) is 35.2 Å². The Kier molecular flexibility index (Phi) is 7.29. The van der Waals surface area contributed by atoms with Crippen molar-refractivity contribution < 1.29 is 0 Å². The van der Waals surface area contributed by atoms with Gasteiger partial charge in [0.15, 0.2) is 5.82 Å². The van der Waals surface area contributed by atoms with Gasteiger partial charge in [-0.05, 0) is 41.2 Å². The third-order valence-electron chi connectivity index (χ3n) is 4.36. The lowest BCUT2D eigenvalue weighted by Crippen LogP contribution is -2.00. The van der Waals surface area contributed by atoms with Crippen molar-refractivity contribution in [2.75, 3.05) is 0 Å². The lowest BCUT2D eigenvalue weighted by atomic mass is 10.0. The van der Waals surface area contributed by atoms with Crippen LogP contribution in [-0.4, -0.2) is 21.1 Å². The fraction of sp³-hybridized carbons (Fsp3) is 0.318. The van der Waals surface area contributed by atoms with E-state index in [2.05, 4.69) is 60.3 Å². The molecule has 0 saturated carbocycles. The second-order valence-corrected chi connectivity index (χ2v) is 8.32. The first-order valence-corrected chi connectivity index (χ1v) is 10.9.